The molecular weight excluding hydrogens is 332 g/mol. The predicted octanol–water partition coefficient (Wildman–Crippen LogP) is 1.59. The van der Waals surface area contributed by atoms with Crippen LogP contribution in [0.5, 0.6) is 5.75 Å². The lowest BCUT2D eigenvalue weighted by molar-refractivity contribution is -0.246. The number of carbonyl (C=O) groups is 1. The van der Waals surface area contributed by atoms with Gasteiger partial charge in [0.1, 0.15) is 11.8 Å². The zero-order chi connectivity index (χ0) is 18.1. The molecule has 128 valence electrons. The molecule has 0 unspecified atom stereocenters. The molecule has 0 saturated heterocycles. The summed E-state index contributed by atoms with van der Waals surface area (Å²) >= 11 is 0. The topological polar surface area (TPSA) is 110 Å². The van der Waals surface area contributed by atoms with Crippen LogP contribution in [-0.4, -0.2) is 26.7 Å². The van der Waals surface area contributed by atoms with Crippen LogP contribution >= 0.6 is 0 Å². The van der Waals surface area contributed by atoms with Crippen LogP contribution in [0.4, 0.5) is 16.2 Å². The number of phenols is 1. The maximum absolute atomic E-state index is 12.4. The van der Waals surface area contributed by atoms with Crippen molar-refractivity contribution in [3.63, 3.8) is 0 Å². The van der Waals surface area contributed by atoms with Gasteiger partial charge in [-0.15, -0.1) is 0 Å². The molecule has 0 fully saturated rings. The molecule has 0 saturated carbocycles. The Morgan fingerprint density at radius 3 is 2.21 bits per heavy atom. The molecule has 0 aliphatic carbocycles. The molecule has 0 radical (unpaired) electrons. The van der Waals surface area contributed by atoms with E-state index in [0.717, 1.165) is 4.90 Å². The Bertz CT molecular complexity index is 876. The van der Waals surface area contributed by atoms with Gasteiger partial charge in [0.05, 0.1) is 10.6 Å². The maximum Gasteiger partial charge on any atom is 0.261 e. The van der Waals surface area contributed by atoms with Gasteiger partial charge in [-0.2, -0.15) is 0 Å². The first kappa shape index (κ1) is 17.6. The summed E-state index contributed by atoms with van der Waals surface area (Å²) < 4.78 is 27.4. The first-order valence-electron chi connectivity index (χ1n) is 7.00. The zero-order valence-electron chi connectivity index (χ0n) is 13.4. The number of hydrogen-bond acceptors (Lipinski definition) is 5. The van der Waals surface area contributed by atoms with Crippen LogP contribution in [0.1, 0.15) is 11.1 Å². The molecule has 0 aliphatic rings. The van der Waals surface area contributed by atoms with E-state index in [2.05, 4.69) is 4.72 Å². The Hall–Kier alpha value is -2.74. The van der Waals surface area contributed by atoms with Crippen LogP contribution in [0.2, 0.25) is 0 Å². The van der Waals surface area contributed by atoms with Gasteiger partial charge in [-0.25, -0.2) is 8.42 Å². The first-order valence-corrected chi connectivity index (χ1v) is 8.48. The van der Waals surface area contributed by atoms with Gasteiger partial charge in [0.15, 0.2) is 0 Å². The average molecular weight is 349 g/mol. The monoisotopic (exact) mass is 349 g/mol. The van der Waals surface area contributed by atoms with Crippen molar-refractivity contribution in [2.24, 2.45) is 0 Å². The molecule has 0 bridgehead atoms. The molecule has 2 rings (SSSR count). The number of sulfonamides is 1. The van der Waals surface area contributed by atoms with Crippen molar-refractivity contribution in [1.29, 1.82) is 0 Å². The van der Waals surface area contributed by atoms with Crippen molar-refractivity contribution in [1.82, 2.24) is 0 Å². The van der Waals surface area contributed by atoms with E-state index in [1.54, 1.807) is 13.8 Å². The predicted molar refractivity (Wildman–Crippen MR) is 88.6 cm³/mol. The Labute approximate surface area is 140 Å². The number of phenolic OH excluding ortho intramolecular Hbond substituents is 1. The summed E-state index contributed by atoms with van der Waals surface area (Å²) in [6, 6.07) is 8.25. The quantitative estimate of drug-likeness (QED) is 0.815. The summed E-state index contributed by atoms with van der Waals surface area (Å²) in [5, 5.41) is 20.4. The van der Waals surface area contributed by atoms with Gasteiger partial charge in [-0.3, -0.25) is 4.72 Å². The fourth-order valence-electron chi connectivity index (χ4n) is 2.07. The van der Waals surface area contributed by atoms with Crippen molar-refractivity contribution >= 4 is 27.5 Å². The van der Waals surface area contributed by atoms with E-state index in [0.29, 0.717) is 22.5 Å². The summed E-state index contributed by atoms with van der Waals surface area (Å²) in [4.78, 5) is 11.6. The van der Waals surface area contributed by atoms with Crippen molar-refractivity contribution in [3.8, 4) is 5.75 Å². The van der Waals surface area contributed by atoms with Gasteiger partial charge in [-0.1, -0.05) is 0 Å². The second-order valence-electron chi connectivity index (χ2n) is 5.31. The van der Waals surface area contributed by atoms with Crippen molar-refractivity contribution in [3.05, 3.63) is 47.5 Å². The van der Waals surface area contributed by atoms with Crippen LogP contribution in [-0.2, 0) is 10.0 Å². The normalized spacial score (nSPS) is 11.1. The zero-order valence-corrected chi connectivity index (χ0v) is 14.2. The van der Waals surface area contributed by atoms with Gasteiger partial charge < -0.3 is 19.9 Å². The number of hydrogen-bond donors (Lipinski definition) is 2. The molecule has 1 amide bonds. The highest BCUT2D eigenvalue weighted by atomic mass is 32.2. The van der Waals surface area contributed by atoms with E-state index in [1.807, 2.05) is 0 Å². The highest BCUT2D eigenvalue weighted by Crippen LogP contribution is 2.28. The van der Waals surface area contributed by atoms with E-state index in [9.17, 15) is 23.4 Å². The van der Waals surface area contributed by atoms with Crippen LogP contribution < -0.4 is 14.7 Å². The molecule has 24 heavy (non-hydrogen) atoms. The number of nitrogens with zero attached hydrogens (tertiary/aromatic N) is 1. The lowest BCUT2D eigenvalue weighted by atomic mass is 10.1. The molecule has 0 spiro atoms. The van der Waals surface area contributed by atoms with E-state index >= 15 is 0 Å². The first-order chi connectivity index (χ1) is 11.1. The number of nitrogens with one attached hydrogen (secondary N) is 1. The molecule has 2 aromatic carbocycles. The SMILES string of the molecule is Cc1c(O)ccc(NS(=O)(=O)c2ccc(N(C)C(=O)[O-])cc2)c1C. The summed E-state index contributed by atoms with van der Waals surface area (Å²) in [5.41, 5.74) is 1.86. The number of carbonyl (C=O) groups excluding carboxylic acids is 1. The smallest absolute Gasteiger partial charge is 0.261 e. The van der Waals surface area contributed by atoms with E-state index in [4.69, 9.17) is 0 Å². The third kappa shape index (κ3) is 3.43. The second-order valence-corrected chi connectivity index (χ2v) is 6.99. The van der Waals surface area contributed by atoms with Crippen LogP contribution in [0.3, 0.4) is 0 Å². The number of rotatable bonds is 4. The van der Waals surface area contributed by atoms with Crippen molar-refractivity contribution < 1.29 is 23.4 Å². The van der Waals surface area contributed by atoms with Gasteiger partial charge in [0.25, 0.3) is 10.0 Å². The van der Waals surface area contributed by atoms with Gasteiger partial charge in [0.2, 0.25) is 0 Å². The molecule has 0 aromatic heterocycles. The minimum Gasteiger partial charge on any atom is -0.530 e. The molecule has 0 aliphatic heterocycles. The standard InChI is InChI=1S/C16H18N2O5S/c1-10-11(2)15(19)9-8-14(10)17-24(22,23)13-6-4-12(5-7-13)18(3)16(20)21/h4-9,17,19H,1-3H3,(H,20,21)/p-1. The third-order valence-corrected chi connectivity index (χ3v) is 5.19. The summed E-state index contributed by atoms with van der Waals surface area (Å²) in [7, 11) is -2.54. The van der Waals surface area contributed by atoms with E-state index < -0.39 is 16.1 Å². The molecule has 7 nitrogen and oxygen atoms in total. The number of benzene rings is 2. The van der Waals surface area contributed by atoms with Crippen molar-refractivity contribution in [2.45, 2.75) is 18.7 Å². The lowest BCUT2D eigenvalue weighted by Gasteiger charge is -2.20. The van der Waals surface area contributed by atoms with Crippen LogP contribution in [0.25, 0.3) is 0 Å². The molecule has 0 heterocycles. The van der Waals surface area contributed by atoms with Crippen molar-refractivity contribution in [2.75, 3.05) is 16.7 Å². The highest BCUT2D eigenvalue weighted by Gasteiger charge is 2.17. The Balaban J connectivity index is 2.31. The Morgan fingerprint density at radius 2 is 1.67 bits per heavy atom. The van der Waals surface area contributed by atoms with Crippen LogP contribution in [0.15, 0.2) is 41.3 Å². The molecule has 2 aromatic rings. The van der Waals surface area contributed by atoms with Crippen LogP contribution in [0, 0.1) is 13.8 Å². The summed E-state index contributed by atoms with van der Waals surface area (Å²) in [5.74, 6) is 0.0881. The van der Waals surface area contributed by atoms with E-state index in [-0.39, 0.29) is 10.6 Å². The molecule has 0 atom stereocenters. The minimum atomic E-state index is -3.84. The number of aromatic hydroxyl groups is 1. The fraction of sp³-hybridized carbons (Fsp3) is 0.188. The molecule has 2 N–H and O–H groups in total. The minimum absolute atomic E-state index is 0.0110. The molecule has 8 heteroatoms. The van der Waals surface area contributed by atoms with Gasteiger partial charge >= 0.3 is 0 Å². The second kappa shape index (κ2) is 6.40. The highest BCUT2D eigenvalue weighted by molar-refractivity contribution is 7.92. The maximum atomic E-state index is 12.4. The average Bonchev–Trinajstić information content (AvgIpc) is 2.54. The fourth-order valence-corrected chi connectivity index (χ4v) is 3.20. The Kier molecular flexibility index (Phi) is 4.70. The lowest BCUT2D eigenvalue weighted by Crippen LogP contribution is -2.38. The van der Waals surface area contributed by atoms with Gasteiger partial charge in [-0.05, 0) is 61.4 Å². The third-order valence-electron chi connectivity index (χ3n) is 3.81. The largest absolute Gasteiger partial charge is 0.530 e. The number of carboxylic acid groups (broad SMARTS) is 1. The van der Waals surface area contributed by atoms with E-state index in [1.165, 1.54) is 43.4 Å². The number of anilines is 2. The Morgan fingerprint density at radius 1 is 1.08 bits per heavy atom. The summed E-state index contributed by atoms with van der Waals surface area (Å²) in [6.07, 6.45) is -1.39. The van der Waals surface area contributed by atoms with Gasteiger partial charge in [0, 0.05) is 12.7 Å². The number of amides is 1. The summed E-state index contributed by atoms with van der Waals surface area (Å²) in [6.45, 7) is 3.39. The molecular formula is C16H17N2O5S-.